The first-order chi connectivity index (χ1) is 13.2. The minimum atomic E-state index is 0.246. The number of allylic oxidation sites excluding steroid dienone is 1. The number of rotatable bonds is 5. The Hall–Kier alpha value is -3.58. The highest BCUT2D eigenvalue weighted by Crippen LogP contribution is 2.27. The minimum Gasteiger partial charge on any atom is -0.454 e. The smallest absolute Gasteiger partial charge is 0.180 e. The summed E-state index contributed by atoms with van der Waals surface area (Å²) < 4.78 is 7.52. The monoisotopic (exact) mass is 378 g/mol. The molecule has 0 saturated heterocycles. The van der Waals surface area contributed by atoms with E-state index in [-0.39, 0.29) is 5.76 Å². The summed E-state index contributed by atoms with van der Waals surface area (Å²) in [6.45, 7) is 0. The van der Waals surface area contributed by atoms with Gasteiger partial charge in [-0.25, -0.2) is 9.97 Å². The first-order valence-corrected chi connectivity index (χ1v) is 8.45. The lowest BCUT2D eigenvalue weighted by Crippen LogP contribution is -2.02. The van der Waals surface area contributed by atoms with Crippen LogP contribution in [0, 0.1) is 5.41 Å². The lowest BCUT2D eigenvalue weighted by molar-refractivity contribution is 0.455. The van der Waals surface area contributed by atoms with E-state index in [1.807, 2.05) is 34.9 Å². The maximum absolute atomic E-state index is 7.29. The van der Waals surface area contributed by atoms with E-state index in [9.17, 15) is 0 Å². The Bertz CT molecular complexity index is 1180. The lowest BCUT2D eigenvalue weighted by Gasteiger charge is -2.11. The number of aromatic nitrogens is 3. The van der Waals surface area contributed by atoms with Gasteiger partial charge >= 0.3 is 0 Å². The van der Waals surface area contributed by atoms with Crippen molar-refractivity contribution >= 4 is 46.0 Å². The van der Waals surface area contributed by atoms with Crippen LogP contribution in [0.15, 0.2) is 66.8 Å². The number of nitrogens with two attached hydrogens (primary N) is 1. The van der Waals surface area contributed by atoms with Gasteiger partial charge in [0, 0.05) is 35.4 Å². The Morgan fingerprint density at radius 1 is 1.26 bits per heavy atom. The van der Waals surface area contributed by atoms with E-state index >= 15 is 0 Å². The number of hydrogen-bond acceptors (Lipinski definition) is 6. The van der Waals surface area contributed by atoms with Crippen LogP contribution in [-0.4, -0.2) is 20.6 Å². The van der Waals surface area contributed by atoms with Gasteiger partial charge in [0.05, 0.1) is 17.2 Å². The standard InChI is InChI=1S/C19H15ClN6O/c20-12-2-1-3-13(8-12)24-18-19-23-6-7-26(19)17-5-4-14(9-16(17)25-18)27-15(10-21)11-22/h1-11,21H,22H2,(H,24,25)/b15-11+,21-10?. The van der Waals surface area contributed by atoms with E-state index in [0.717, 1.165) is 17.4 Å². The zero-order valence-corrected chi connectivity index (χ0v) is 14.8. The Kier molecular flexibility index (Phi) is 4.35. The molecule has 0 aliphatic carbocycles. The molecule has 4 N–H and O–H groups in total. The van der Waals surface area contributed by atoms with Crippen molar-refractivity contribution in [2.45, 2.75) is 0 Å². The normalized spacial score (nSPS) is 11.7. The van der Waals surface area contributed by atoms with Gasteiger partial charge in [0.25, 0.3) is 0 Å². The van der Waals surface area contributed by atoms with Gasteiger partial charge in [-0.15, -0.1) is 0 Å². The fourth-order valence-electron chi connectivity index (χ4n) is 2.74. The second kappa shape index (κ2) is 6.97. The van der Waals surface area contributed by atoms with Crippen LogP contribution in [0.3, 0.4) is 0 Å². The molecular formula is C19H15ClN6O. The summed E-state index contributed by atoms with van der Waals surface area (Å²) in [7, 11) is 0. The highest BCUT2D eigenvalue weighted by molar-refractivity contribution is 6.30. The van der Waals surface area contributed by atoms with Gasteiger partial charge in [0.1, 0.15) is 5.75 Å². The predicted molar refractivity (Wildman–Crippen MR) is 107 cm³/mol. The highest BCUT2D eigenvalue weighted by Gasteiger charge is 2.11. The third-order valence-corrected chi connectivity index (χ3v) is 4.16. The summed E-state index contributed by atoms with van der Waals surface area (Å²) in [6, 6.07) is 12.8. The molecule has 4 rings (SSSR count). The SMILES string of the molecule is N=C/C(=C\N)Oc1ccc2c(c1)nc(Nc1cccc(Cl)c1)c1nccn12. The summed E-state index contributed by atoms with van der Waals surface area (Å²) in [5, 5.41) is 11.2. The van der Waals surface area contributed by atoms with Crippen molar-refractivity contribution in [2.24, 2.45) is 5.73 Å². The van der Waals surface area contributed by atoms with E-state index in [1.165, 1.54) is 6.20 Å². The Balaban J connectivity index is 1.82. The van der Waals surface area contributed by atoms with E-state index < -0.39 is 0 Å². The number of benzene rings is 2. The zero-order valence-electron chi connectivity index (χ0n) is 14.1. The molecule has 0 aliphatic heterocycles. The molecule has 0 radical (unpaired) electrons. The maximum Gasteiger partial charge on any atom is 0.180 e. The molecule has 0 amide bonds. The van der Waals surface area contributed by atoms with Crippen LogP contribution < -0.4 is 15.8 Å². The van der Waals surface area contributed by atoms with E-state index in [4.69, 9.17) is 32.5 Å². The topological polar surface area (TPSA) is 101 Å². The number of ether oxygens (including phenoxy) is 1. The molecule has 8 heteroatoms. The van der Waals surface area contributed by atoms with Crippen molar-refractivity contribution in [3.63, 3.8) is 0 Å². The minimum absolute atomic E-state index is 0.246. The van der Waals surface area contributed by atoms with Crippen molar-refractivity contribution in [1.29, 1.82) is 5.41 Å². The molecule has 27 heavy (non-hydrogen) atoms. The Morgan fingerprint density at radius 3 is 2.93 bits per heavy atom. The van der Waals surface area contributed by atoms with Gasteiger partial charge < -0.3 is 21.2 Å². The Morgan fingerprint density at radius 2 is 2.15 bits per heavy atom. The second-order valence-corrected chi connectivity index (χ2v) is 6.12. The molecule has 0 atom stereocenters. The highest BCUT2D eigenvalue weighted by atomic mass is 35.5. The van der Waals surface area contributed by atoms with Crippen LogP contribution in [0.25, 0.3) is 16.7 Å². The van der Waals surface area contributed by atoms with Crippen molar-refractivity contribution < 1.29 is 4.74 Å². The molecule has 134 valence electrons. The molecule has 4 aromatic rings. The third kappa shape index (κ3) is 3.28. The number of halogens is 1. The van der Waals surface area contributed by atoms with Crippen LogP contribution in [0.2, 0.25) is 5.02 Å². The van der Waals surface area contributed by atoms with Crippen molar-refractivity contribution in [2.75, 3.05) is 5.32 Å². The fraction of sp³-hybridized carbons (Fsp3) is 0. The van der Waals surface area contributed by atoms with Crippen LogP contribution >= 0.6 is 11.6 Å². The van der Waals surface area contributed by atoms with E-state index in [1.54, 1.807) is 24.4 Å². The Labute approximate surface area is 159 Å². The predicted octanol–water partition coefficient (Wildman–Crippen LogP) is 4.11. The molecule has 0 bridgehead atoms. The summed E-state index contributed by atoms with van der Waals surface area (Å²) in [5.74, 6) is 1.37. The molecular weight excluding hydrogens is 364 g/mol. The lowest BCUT2D eigenvalue weighted by atomic mass is 10.2. The average Bonchev–Trinajstić information content (AvgIpc) is 3.16. The van der Waals surface area contributed by atoms with Crippen LogP contribution in [0.4, 0.5) is 11.5 Å². The van der Waals surface area contributed by atoms with Crippen LogP contribution in [0.5, 0.6) is 5.75 Å². The largest absolute Gasteiger partial charge is 0.454 e. The summed E-state index contributed by atoms with van der Waals surface area (Å²) in [5.41, 5.74) is 8.51. The first-order valence-electron chi connectivity index (χ1n) is 8.07. The maximum atomic E-state index is 7.29. The molecule has 0 fully saturated rings. The zero-order chi connectivity index (χ0) is 18.8. The number of fused-ring (bicyclic) bond motifs is 3. The van der Waals surface area contributed by atoms with Crippen molar-refractivity contribution in [3.05, 3.63) is 71.8 Å². The molecule has 2 aromatic carbocycles. The van der Waals surface area contributed by atoms with Crippen LogP contribution in [-0.2, 0) is 0 Å². The van der Waals surface area contributed by atoms with Gasteiger partial charge in [-0.3, -0.25) is 4.40 Å². The summed E-state index contributed by atoms with van der Waals surface area (Å²) in [4.78, 5) is 9.10. The number of anilines is 2. The second-order valence-electron chi connectivity index (χ2n) is 5.68. The van der Waals surface area contributed by atoms with E-state index in [0.29, 0.717) is 27.8 Å². The number of hydrogen-bond donors (Lipinski definition) is 3. The number of imidazole rings is 1. The van der Waals surface area contributed by atoms with Crippen LogP contribution in [0.1, 0.15) is 0 Å². The van der Waals surface area contributed by atoms with Crippen molar-refractivity contribution in [3.8, 4) is 5.75 Å². The van der Waals surface area contributed by atoms with Gasteiger partial charge in [-0.2, -0.15) is 0 Å². The van der Waals surface area contributed by atoms with Gasteiger partial charge in [0.2, 0.25) is 0 Å². The first kappa shape index (κ1) is 16.9. The van der Waals surface area contributed by atoms with Gasteiger partial charge in [-0.1, -0.05) is 17.7 Å². The van der Waals surface area contributed by atoms with Crippen molar-refractivity contribution in [1.82, 2.24) is 14.4 Å². The molecule has 0 unspecified atom stereocenters. The molecule has 7 nitrogen and oxygen atoms in total. The number of nitrogens with one attached hydrogen (secondary N) is 2. The molecule has 2 heterocycles. The molecule has 0 aliphatic rings. The van der Waals surface area contributed by atoms with Gasteiger partial charge in [0.15, 0.2) is 17.2 Å². The average molecular weight is 379 g/mol. The van der Waals surface area contributed by atoms with Gasteiger partial charge in [-0.05, 0) is 30.3 Å². The number of nitrogens with zero attached hydrogens (tertiary/aromatic N) is 3. The summed E-state index contributed by atoms with van der Waals surface area (Å²) in [6.07, 6.45) is 5.86. The molecule has 0 spiro atoms. The third-order valence-electron chi connectivity index (χ3n) is 3.92. The summed E-state index contributed by atoms with van der Waals surface area (Å²) >= 11 is 6.07. The molecule has 2 aromatic heterocycles. The molecule has 0 saturated carbocycles. The quantitative estimate of drug-likeness (QED) is 0.358. The van der Waals surface area contributed by atoms with E-state index in [2.05, 4.69) is 10.3 Å². The fourth-order valence-corrected chi connectivity index (χ4v) is 2.93.